The predicted molar refractivity (Wildman–Crippen MR) is 139 cm³/mol. The maximum atomic E-state index is 12.6. The van der Waals surface area contributed by atoms with Crippen LogP contribution in [0, 0.1) is 0 Å². The zero-order valence-corrected chi connectivity index (χ0v) is 21.6. The highest BCUT2D eigenvalue weighted by atomic mass is 35.5. The Hall–Kier alpha value is -3.03. The van der Waals surface area contributed by atoms with Crippen molar-refractivity contribution in [2.24, 2.45) is 0 Å². The molecule has 2 aromatic heterocycles. The molecule has 4 rings (SSSR count). The molecule has 1 N–H and O–H groups in total. The van der Waals surface area contributed by atoms with Gasteiger partial charge in [-0.05, 0) is 50.3 Å². The summed E-state index contributed by atoms with van der Waals surface area (Å²) in [6.07, 6.45) is -0.377. The van der Waals surface area contributed by atoms with Crippen LogP contribution in [-0.4, -0.2) is 35.7 Å². The first-order valence-corrected chi connectivity index (χ1v) is 12.1. The van der Waals surface area contributed by atoms with Gasteiger partial charge in [0, 0.05) is 29.4 Å². The molecule has 0 radical (unpaired) electrons. The Morgan fingerprint density at radius 2 is 1.85 bits per heavy atom. The summed E-state index contributed by atoms with van der Waals surface area (Å²) >= 11 is 7.91. The molecule has 1 atom stereocenters. The number of halogens is 1. The third-order valence-electron chi connectivity index (χ3n) is 5.79. The molecule has 2 heterocycles. The molecule has 8 heteroatoms. The number of nitrogens with zero attached hydrogens (tertiary/aromatic N) is 1. The Morgan fingerprint density at radius 3 is 2.47 bits per heavy atom. The van der Waals surface area contributed by atoms with Crippen LogP contribution < -0.4 is 10.3 Å². The number of rotatable bonds is 4. The monoisotopic (exact) mass is 498 g/mol. The number of thiophene rings is 1. The molecule has 178 valence electrons. The van der Waals surface area contributed by atoms with Crippen LogP contribution in [0.1, 0.15) is 39.3 Å². The lowest BCUT2D eigenvalue weighted by molar-refractivity contribution is 0.0234. The molecule has 0 unspecified atom stereocenters. The fourth-order valence-electron chi connectivity index (χ4n) is 3.96. The summed E-state index contributed by atoms with van der Waals surface area (Å²) in [4.78, 5) is 29.6. The summed E-state index contributed by atoms with van der Waals surface area (Å²) in [7, 11) is 3.33. The number of hydrogen-bond donors (Lipinski definition) is 1. The van der Waals surface area contributed by atoms with Gasteiger partial charge >= 0.3 is 6.09 Å². The van der Waals surface area contributed by atoms with Gasteiger partial charge in [-0.3, -0.25) is 4.79 Å². The van der Waals surface area contributed by atoms with E-state index >= 15 is 0 Å². The van der Waals surface area contributed by atoms with E-state index in [1.807, 2.05) is 63.4 Å². The van der Waals surface area contributed by atoms with Gasteiger partial charge in [-0.2, -0.15) is 0 Å². The lowest BCUT2D eigenvalue weighted by Crippen LogP contribution is -2.35. The van der Waals surface area contributed by atoms with Crippen molar-refractivity contribution < 1.29 is 14.3 Å². The van der Waals surface area contributed by atoms with Crippen molar-refractivity contribution in [2.45, 2.75) is 39.3 Å². The number of H-pyrrole nitrogens is 1. The molecule has 2 aromatic carbocycles. The van der Waals surface area contributed by atoms with Crippen LogP contribution >= 0.6 is 22.9 Å². The van der Waals surface area contributed by atoms with Crippen molar-refractivity contribution in [1.29, 1.82) is 0 Å². The number of benzene rings is 2. The number of hydrogen-bond acceptors (Lipinski definition) is 5. The quantitative estimate of drug-likeness (QED) is 0.329. The number of nitrogens with one attached hydrogen (secondary N) is 1. The normalized spacial score (nSPS) is 12.7. The topological polar surface area (TPSA) is 71.6 Å². The highest BCUT2D eigenvalue weighted by Crippen LogP contribution is 2.43. The number of fused-ring (bicyclic) bond motifs is 3. The van der Waals surface area contributed by atoms with Crippen molar-refractivity contribution in [1.82, 2.24) is 9.88 Å². The number of aromatic nitrogens is 1. The van der Waals surface area contributed by atoms with Crippen molar-refractivity contribution in [3.8, 4) is 16.9 Å². The van der Waals surface area contributed by atoms with Crippen molar-refractivity contribution in [2.75, 3.05) is 14.2 Å². The molecular formula is C26H27ClN2O4S. The van der Waals surface area contributed by atoms with Gasteiger partial charge in [-0.1, -0.05) is 35.9 Å². The third-order valence-corrected chi connectivity index (χ3v) is 7.00. The Morgan fingerprint density at radius 1 is 1.18 bits per heavy atom. The summed E-state index contributed by atoms with van der Waals surface area (Å²) in [6.45, 7) is 7.50. The van der Waals surface area contributed by atoms with E-state index in [4.69, 9.17) is 21.1 Å². The van der Waals surface area contributed by atoms with Crippen LogP contribution in [0.25, 0.3) is 32.1 Å². The van der Waals surface area contributed by atoms with Crippen LogP contribution in [-0.2, 0) is 4.74 Å². The minimum absolute atomic E-state index is 0.162. The summed E-state index contributed by atoms with van der Waals surface area (Å²) in [5.41, 5.74) is 2.58. The number of aromatic amines is 1. The zero-order chi connectivity index (χ0) is 24.8. The maximum absolute atomic E-state index is 12.6. The molecule has 0 aliphatic heterocycles. The van der Waals surface area contributed by atoms with Crippen LogP contribution in [0.2, 0.25) is 5.02 Å². The zero-order valence-electron chi connectivity index (χ0n) is 20.0. The smallest absolute Gasteiger partial charge is 0.410 e. The Kier molecular flexibility index (Phi) is 6.36. The molecular weight excluding hydrogens is 472 g/mol. The largest absolute Gasteiger partial charge is 0.496 e. The molecule has 0 bridgehead atoms. The summed E-state index contributed by atoms with van der Waals surface area (Å²) in [6, 6.07) is 11.4. The number of pyridine rings is 1. The Bertz CT molecular complexity index is 1430. The number of methoxy groups -OCH3 is 1. The van der Waals surface area contributed by atoms with Gasteiger partial charge in [-0.25, -0.2) is 4.79 Å². The van der Waals surface area contributed by atoms with E-state index in [2.05, 4.69) is 4.98 Å². The van der Waals surface area contributed by atoms with E-state index in [0.717, 1.165) is 27.5 Å². The van der Waals surface area contributed by atoms with Crippen LogP contribution in [0.15, 0.2) is 46.6 Å². The van der Waals surface area contributed by atoms with Crippen molar-refractivity contribution in [3.63, 3.8) is 0 Å². The fourth-order valence-corrected chi connectivity index (χ4v) is 5.00. The van der Waals surface area contributed by atoms with Gasteiger partial charge < -0.3 is 19.4 Å². The van der Waals surface area contributed by atoms with Crippen molar-refractivity contribution in [3.05, 3.63) is 62.7 Å². The molecule has 34 heavy (non-hydrogen) atoms. The standard InChI is InChI=1S/C26H27ClN2O4S/c1-14(29(5)25(31)33-26(2,3)4)15-7-9-16(10-8-15)20-19(32-6)13-18(27)22-21(20)17-11-12-34-23(17)24(30)28-22/h7-14H,1-6H3,(H,28,30)/t14-/m0/s1. The second-order valence-corrected chi connectivity index (χ2v) is 10.5. The van der Waals surface area contributed by atoms with Gasteiger partial charge in [0.15, 0.2) is 0 Å². The number of amides is 1. The highest BCUT2D eigenvalue weighted by Gasteiger charge is 2.24. The highest BCUT2D eigenvalue weighted by molar-refractivity contribution is 7.17. The van der Waals surface area contributed by atoms with Crippen LogP contribution in [0.4, 0.5) is 4.79 Å². The average molecular weight is 499 g/mol. The lowest BCUT2D eigenvalue weighted by atomic mass is 9.95. The first-order chi connectivity index (χ1) is 16.0. The van der Waals surface area contributed by atoms with E-state index in [1.54, 1.807) is 25.1 Å². The summed E-state index contributed by atoms with van der Waals surface area (Å²) in [5.74, 6) is 0.615. The summed E-state index contributed by atoms with van der Waals surface area (Å²) in [5, 5.41) is 3.99. The first-order valence-electron chi connectivity index (χ1n) is 10.9. The lowest BCUT2D eigenvalue weighted by Gasteiger charge is -2.29. The van der Waals surface area contributed by atoms with E-state index in [1.165, 1.54) is 11.3 Å². The molecule has 1 amide bonds. The van der Waals surface area contributed by atoms with Gasteiger partial charge in [0.1, 0.15) is 16.1 Å². The minimum Gasteiger partial charge on any atom is -0.496 e. The predicted octanol–water partition coefficient (Wildman–Crippen LogP) is 7.00. The molecule has 6 nitrogen and oxygen atoms in total. The molecule has 0 saturated carbocycles. The summed E-state index contributed by atoms with van der Waals surface area (Å²) < 4.78 is 11.8. The molecule has 0 aliphatic carbocycles. The van der Waals surface area contributed by atoms with Gasteiger partial charge in [0.2, 0.25) is 0 Å². The fraction of sp³-hybridized carbons (Fsp3) is 0.308. The number of carbonyl (C=O) groups excluding carboxylic acids is 1. The van der Waals surface area contributed by atoms with Crippen LogP contribution in [0.3, 0.4) is 0 Å². The van der Waals surface area contributed by atoms with E-state index < -0.39 is 5.60 Å². The average Bonchev–Trinajstić information content (AvgIpc) is 3.28. The number of ether oxygens (including phenoxy) is 2. The van der Waals surface area contributed by atoms with Gasteiger partial charge in [0.05, 0.1) is 23.7 Å². The second-order valence-electron chi connectivity index (χ2n) is 9.19. The van der Waals surface area contributed by atoms with Crippen LogP contribution in [0.5, 0.6) is 5.75 Å². The molecule has 0 spiro atoms. The molecule has 0 aliphatic rings. The van der Waals surface area contributed by atoms with E-state index in [0.29, 0.717) is 21.0 Å². The number of carbonyl (C=O) groups is 1. The minimum atomic E-state index is -0.560. The maximum Gasteiger partial charge on any atom is 0.410 e. The molecule has 4 aromatic rings. The molecule has 0 saturated heterocycles. The SMILES string of the molecule is COc1cc(Cl)c2[nH]c(=O)c3sccc3c2c1-c1ccc([C@H](C)N(C)C(=O)OC(C)(C)C)cc1. The van der Waals surface area contributed by atoms with Crippen molar-refractivity contribution >= 4 is 50.0 Å². The molecule has 0 fully saturated rings. The van der Waals surface area contributed by atoms with Gasteiger partial charge in [0.25, 0.3) is 5.56 Å². The van der Waals surface area contributed by atoms with Gasteiger partial charge in [-0.15, -0.1) is 11.3 Å². The second kappa shape index (κ2) is 8.96. The Balaban J connectivity index is 1.80. The Labute approximate surface area is 207 Å². The first kappa shape index (κ1) is 24.1. The van der Waals surface area contributed by atoms with E-state index in [9.17, 15) is 9.59 Å². The third kappa shape index (κ3) is 4.38. The van der Waals surface area contributed by atoms with E-state index in [-0.39, 0.29) is 17.7 Å².